The summed E-state index contributed by atoms with van der Waals surface area (Å²) < 4.78 is 0. The molecule has 0 amide bonds. The predicted molar refractivity (Wildman–Crippen MR) is 99.6 cm³/mol. The van der Waals surface area contributed by atoms with Crippen LogP contribution in [0.15, 0.2) is 41.2 Å². The zero-order chi connectivity index (χ0) is 19.1. The second-order valence-corrected chi connectivity index (χ2v) is 4.92. The van der Waals surface area contributed by atoms with Gasteiger partial charge in [-0.3, -0.25) is 10.1 Å². The lowest BCUT2D eigenvalue weighted by molar-refractivity contribution is -0.419. The van der Waals surface area contributed by atoms with E-state index in [1.165, 1.54) is 12.3 Å². The standard InChI is InChI=1S/C12H16N2O3.3C2H6/c1-11(2)6-7-12(3,9-13-15)5-4-10(8-11)14(16)17;3*1-2/h4-9,15H,1-3H3;3*1-2H3/b5-4-,7-6-,10-8+,13-9+;;;. The Bertz CT molecular complexity index is 436. The van der Waals surface area contributed by atoms with Crippen molar-refractivity contribution in [2.75, 3.05) is 0 Å². The summed E-state index contributed by atoms with van der Waals surface area (Å²) in [4.78, 5) is 10.4. The number of rotatable bonds is 2. The molecule has 0 aromatic heterocycles. The number of hydrogen-bond donors (Lipinski definition) is 1. The predicted octanol–water partition coefficient (Wildman–Crippen LogP) is 5.84. The van der Waals surface area contributed by atoms with E-state index in [1.807, 2.05) is 67.5 Å². The Kier molecular flexibility index (Phi) is 15.5. The van der Waals surface area contributed by atoms with Gasteiger partial charge in [-0.25, -0.2) is 0 Å². The summed E-state index contributed by atoms with van der Waals surface area (Å²) >= 11 is 0. The zero-order valence-corrected chi connectivity index (χ0v) is 16.1. The first kappa shape index (κ1) is 26.0. The van der Waals surface area contributed by atoms with Gasteiger partial charge in [0.15, 0.2) is 0 Å². The van der Waals surface area contributed by atoms with E-state index in [-0.39, 0.29) is 5.70 Å². The van der Waals surface area contributed by atoms with Crippen LogP contribution in [-0.2, 0) is 0 Å². The molecule has 1 N–H and O–H groups in total. The van der Waals surface area contributed by atoms with E-state index in [9.17, 15) is 10.1 Å². The molecule has 0 aromatic carbocycles. The Morgan fingerprint density at radius 3 is 1.91 bits per heavy atom. The fraction of sp³-hybridized carbons (Fsp3) is 0.611. The van der Waals surface area contributed by atoms with Gasteiger partial charge < -0.3 is 5.21 Å². The minimum absolute atomic E-state index is 0.0388. The summed E-state index contributed by atoms with van der Waals surface area (Å²) in [6.07, 6.45) is 9.72. The van der Waals surface area contributed by atoms with Gasteiger partial charge in [0, 0.05) is 23.0 Å². The lowest BCUT2D eigenvalue weighted by Gasteiger charge is -2.21. The summed E-state index contributed by atoms with van der Waals surface area (Å²) in [5.74, 6) is 0. The van der Waals surface area contributed by atoms with Gasteiger partial charge in [-0.2, -0.15) is 0 Å². The van der Waals surface area contributed by atoms with Gasteiger partial charge in [0.1, 0.15) is 0 Å². The van der Waals surface area contributed by atoms with E-state index in [0.717, 1.165) is 0 Å². The van der Waals surface area contributed by atoms with Crippen molar-refractivity contribution >= 4 is 6.21 Å². The average molecular weight is 326 g/mol. The molecule has 0 heterocycles. The van der Waals surface area contributed by atoms with Gasteiger partial charge in [0.25, 0.3) is 5.70 Å². The molecule has 1 rings (SSSR count). The highest BCUT2D eigenvalue weighted by molar-refractivity contribution is 5.70. The SMILES string of the molecule is CC.CC.CC.CC1(C)/C=C\C(C)(/C=N/O)/C=C\C([N+](=O)[O-])=C/1. The summed E-state index contributed by atoms with van der Waals surface area (Å²) in [5.41, 5.74) is -1.00. The van der Waals surface area contributed by atoms with E-state index >= 15 is 0 Å². The van der Waals surface area contributed by atoms with E-state index < -0.39 is 15.8 Å². The highest BCUT2D eigenvalue weighted by Gasteiger charge is 2.24. The fourth-order valence-electron chi connectivity index (χ4n) is 1.52. The number of hydrogen-bond acceptors (Lipinski definition) is 4. The summed E-state index contributed by atoms with van der Waals surface area (Å²) in [5, 5.41) is 22.5. The first-order valence-corrected chi connectivity index (χ1v) is 8.23. The first-order chi connectivity index (χ1) is 10.8. The molecule has 0 aliphatic heterocycles. The molecule has 0 saturated carbocycles. The second-order valence-electron chi connectivity index (χ2n) is 4.92. The monoisotopic (exact) mass is 326 g/mol. The van der Waals surface area contributed by atoms with Crippen molar-refractivity contribution in [3.8, 4) is 0 Å². The minimum atomic E-state index is -0.623. The number of allylic oxidation sites excluding steroid dienone is 5. The molecule has 5 heteroatoms. The molecule has 0 fully saturated rings. The quantitative estimate of drug-likeness (QED) is 0.227. The molecular weight excluding hydrogens is 292 g/mol. The minimum Gasteiger partial charge on any atom is -0.411 e. The molecule has 0 saturated heterocycles. The van der Waals surface area contributed by atoms with E-state index in [1.54, 1.807) is 19.1 Å². The summed E-state index contributed by atoms with van der Waals surface area (Å²) in [7, 11) is 0. The molecule has 1 aliphatic rings. The Morgan fingerprint density at radius 1 is 1.04 bits per heavy atom. The van der Waals surface area contributed by atoms with Crippen LogP contribution in [0, 0.1) is 20.9 Å². The normalized spacial score (nSPS) is 26.2. The van der Waals surface area contributed by atoms with Crippen molar-refractivity contribution in [3.63, 3.8) is 0 Å². The van der Waals surface area contributed by atoms with Crippen LogP contribution < -0.4 is 0 Å². The van der Waals surface area contributed by atoms with Crippen LogP contribution in [0.2, 0.25) is 0 Å². The maximum absolute atomic E-state index is 10.9. The highest BCUT2D eigenvalue weighted by atomic mass is 16.6. The van der Waals surface area contributed by atoms with Crippen molar-refractivity contribution in [1.82, 2.24) is 0 Å². The number of nitro groups is 1. The maximum atomic E-state index is 10.9. The molecule has 0 spiro atoms. The molecule has 0 radical (unpaired) electrons. The first-order valence-electron chi connectivity index (χ1n) is 8.23. The lowest BCUT2D eigenvalue weighted by atomic mass is 9.82. The van der Waals surface area contributed by atoms with E-state index in [0.29, 0.717) is 0 Å². The molecule has 134 valence electrons. The summed E-state index contributed by atoms with van der Waals surface area (Å²) in [6.45, 7) is 17.6. The van der Waals surface area contributed by atoms with Gasteiger partial charge in [-0.05, 0) is 6.92 Å². The number of nitrogens with zero attached hydrogens (tertiary/aromatic N) is 2. The van der Waals surface area contributed by atoms with Gasteiger partial charge in [-0.15, -0.1) is 5.16 Å². The molecule has 1 unspecified atom stereocenters. The summed E-state index contributed by atoms with van der Waals surface area (Å²) in [6, 6.07) is 0. The molecule has 23 heavy (non-hydrogen) atoms. The third kappa shape index (κ3) is 11.3. The zero-order valence-electron chi connectivity index (χ0n) is 16.1. The van der Waals surface area contributed by atoms with Crippen LogP contribution in [0.25, 0.3) is 0 Å². The Balaban J connectivity index is -0.000000595. The highest BCUT2D eigenvalue weighted by Crippen LogP contribution is 2.29. The topological polar surface area (TPSA) is 75.7 Å². The van der Waals surface area contributed by atoms with Crippen molar-refractivity contribution in [1.29, 1.82) is 0 Å². The van der Waals surface area contributed by atoms with Crippen LogP contribution in [0.3, 0.4) is 0 Å². The van der Waals surface area contributed by atoms with Crippen LogP contribution in [0.1, 0.15) is 62.3 Å². The lowest BCUT2D eigenvalue weighted by Crippen LogP contribution is -2.17. The fourth-order valence-corrected chi connectivity index (χ4v) is 1.52. The smallest absolute Gasteiger partial charge is 0.266 e. The van der Waals surface area contributed by atoms with Crippen molar-refractivity contribution < 1.29 is 10.1 Å². The van der Waals surface area contributed by atoms with Crippen LogP contribution in [0.4, 0.5) is 0 Å². The Hall–Kier alpha value is -1.91. The molecule has 5 nitrogen and oxygen atoms in total. The van der Waals surface area contributed by atoms with Crippen LogP contribution in [-0.4, -0.2) is 16.3 Å². The van der Waals surface area contributed by atoms with Gasteiger partial charge in [0.05, 0.1) is 11.1 Å². The van der Waals surface area contributed by atoms with Gasteiger partial charge >= 0.3 is 0 Å². The van der Waals surface area contributed by atoms with E-state index in [2.05, 4.69) is 5.16 Å². The molecule has 0 aromatic rings. The molecule has 1 atom stereocenters. The second kappa shape index (κ2) is 13.7. The Labute approximate surface area is 141 Å². The van der Waals surface area contributed by atoms with Crippen LogP contribution in [0.5, 0.6) is 0 Å². The largest absolute Gasteiger partial charge is 0.411 e. The van der Waals surface area contributed by atoms with Crippen molar-refractivity contribution in [2.45, 2.75) is 62.3 Å². The third-order valence-corrected chi connectivity index (χ3v) is 2.55. The van der Waals surface area contributed by atoms with E-state index in [4.69, 9.17) is 5.21 Å². The molecular formula is C18H34N2O3. The number of oxime groups is 1. The van der Waals surface area contributed by atoms with Gasteiger partial charge in [-0.1, -0.05) is 73.6 Å². The van der Waals surface area contributed by atoms with Crippen molar-refractivity contribution in [3.05, 3.63) is 46.2 Å². The van der Waals surface area contributed by atoms with Gasteiger partial charge in [0.2, 0.25) is 0 Å². The molecule has 1 aliphatic carbocycles. The van der Waals surface area contributed by atoms with Crippen LogP contribution >= 0.6 is 0 Å². The average Bonchev–Trinajstić information content (AvgIpc) is 2.55. The van der Waals surface area contributed by atoms with Crippen molar-refractivity contribution in [2.24, 2.45) is 16.0 Å². The molecule has 0 bridgehead atoms. The third-order valence-electron chi connectivity index (χ3n) is 2.55. The maximum Gasteiger partial charge on any atom is 0.266 e. The Morgan fingerprint density at radius 2 is 1.52 bits per heavy atom.